The van der Waals surface area contributed by atoms with Crippen LogP contribution in [0.1, 0.15) is 19.3 Å². The Bertz CT molecular complexity index is 187. The number of nitrogens with two attached hydrogens (primary N) is 1. The Labute approximate surface area is 99.7 Å². The van der Waals surface area contributed by atoms with Gasteiger partial charge in [-0.3, -0.25) is 4.90 Å². The summed E-state index contributed by atoms with van der Waals surface area (Å²) in [4.78, 5) is 4.81. The molecule has 2 unspecified atom stereocenters. The van der Waals surface area contributed by atoms with E-state index in [2.05, 4.69) is 23.9 Å². The van der Waals surface area contributed by atoms with E-state index in [-0.39, 0.29) is 6.04 Å². The zero-order valence-corrected chi connectivity index (χ0v) is 11.0. The normalized spacial score (nSPS) is 24.2. The van der Waals surface area contributed by atoms with Gasteiger partial charge in [0, 0.05) is 38.9 Å². The van der Waals surface area contributed by atoms with Crippen LogP contribution in [0.25, 0.3) is 0 Å². The highest BCUT2D eigenvalue weighted by Crippen LogP contribution is 2.17. The molecule has 0 aromatic carbocycles. The smallest absolute Gasteiger partial charge is 0.0477 e. The molecular formula is C12H27N3O. The van der Waals surface area contributed by atoms with E-state index in [1.54, 1.807) is 7.11 Å². The molecule has 0 aromatic heterocycles. The molecule has 2 N–H and O–H groups in total. The SMILES string of the molecule is COCCC(N)CN1CCCC1CN(C)C. The molecule has 1 aliphatic heterocycles. The van der Waals surface area contributed by atoms with Crippen molar-refractivity contribution < 1.29 is 4.74 Å². The van der Waals surface area contributed by atoms with E-state index in [4.69, 9.17) is 10.5 Å². The Kier molecular flexibility index (Phi) is 6.28. The summed E-state index contributed by atoms with van der Waals surface area (Å²) in [5.41, 5.74) is 6.10. The van der Waals surface area contributed by atoms with Crippen LogP contribution in [0.5, 0.6) is 0 Å². The third kappa shape index (κ3) is 4.78. The molecule has 1 saturated heterocycles. The first kappa shape index (κ1) is 13.9. The van der Waals surface area contributed by atoms with Crippen molar-refractivity contribution in [2.45, 2.75) is 31.3 Å². The first-order chi connectivity index (χ1) is 7.63. The highest BCUT2D eigenvalue weighted by atomic mass is 16.5. The Hall–Kier alpha value is -0.160. The van der Waals surface area contributed by atoms with Crippen LogP contribution in [-0.4, -0.2) is 69.3 Å². The summed E-state index contributed by atoms with van der Waals surface area (Å²) in [5, 5.41) is 0. The van der Waals surface area contributed by atoms with Crippen LogP contribution < -0.4 is 5.73 Å². The first-order valence-electron chi connectivity index (χ1n) is 6.26. The van der Waals surface area contributed by atoms with E-state index in [0.29, 0.717) is 6.04 Å². The number of hydrogen-bond acceptors (Lipinski definition) is 4. The lowest BCUT2D eigenvalue weighted by molar-refractivity contribution is 0.162. The molecule has 0 spiro atoms. The van der Waals surface area contributed by atoms with E-state index in [0.717, 1.165) is 26.1 Å². The molecule has 0 aromatic rings. The molecule has 96 valence electrons. The largest absolute Gasteiger partial charge is 0.385 e. The standard InChI is InChI=1S/C12H27N3O/c1-14(2)10-12-5-4-7-15(12)9-11(13)6-8-16-3/h11-12H,4-10,13H2,1-3H3. The van der Waals surface area contributed by atoms with Crippen molar-refractivity contribution in [3.05, 3.63) is 0 Å². The van der Waals surface area contributed by atoms with E-state index >= 15 is 0 Å². The highest BCUT2D eigenvalue weighted by molar-refractivity contribution is 4.83. The van der Waals surface area contributed by atoms with Gasteiger partial charge in [-0.15, -0.1) is 0 Å². The quantitative estimate of drug-likeness (QED) is 0.685. The van der Waals surface area contributed by atoms with Crippen LogP contribution in [0, 0.1) is 0 Å². The summed E-state index contributed by atoms with van der Waals surface area (Å²) < 4.78 is 5.06. The topological polar surface area (TPSA) is 41.7 Å². The average molecular weight is 229 g/mol. The number of rotatable bonds is 7. The van der Waals surface area contributed by atoms with Crippen LogP contribution in [0.3, 0.4) is 0 Å². The van der Waals surface area contributed by atoms with Gasteiger partial charge in [0.15, 0.2) is 0 Å². The number of methoxy groups -OCH3 is 1. The zero-order valence-electron chi connectivity index (χ0n) is 11.0. The van der Waals surface area contributed by atoms with E-state index in [1.165, 1.54) is 19.4 Å². The summed E-state index contributed by atoms with van der Waals surface area (Å²) in [6, 6.07) is 0.950. The number of ether oxygens (including phenoxy) is 1. The number of nitrogens with zero attached hydrogens (tertiary/aromatic N) is 2. The fourth-order valence-electron chi connectivity index (χ4n) is 2.43. The van der Waals surface area contributed by atoms with Crippen LogP contribution >= 0.6 is 0 Å². The third-order valence-electron chi connectivity index (χ3n) is 3.24. The Morgan fingerprint density at radius 3 is 2.88 bits per heavy atom. The van der Waals surface area contributed by atoms with E-state index < -0.39 is 0 Å². The minimum atomic E-state index is 0.253. The molecule has 4 heteroatoms. The molecule has 1 fully saturated rings. The molecule has 1 heterocycles. The lowest BCUT2D eigenvalue weighted by Crippen LogP contribution is -2.44. The zero-order chi connectivity index (χ0) is 12.0. The van der Waals surface area contributed by atoms with Crippen LogP contribution in [0.4, 0.5) is 0 Å². The van der Waals surface area contributed by atoms with Crippen molar-refractivity contribution in [2.75, 3.05) is 47.4 Å². The monoisotopic (exact) mass is 229 g/mol. The summed E-state index contributed by atoms with van der Waals surface area (Å²) in [6.07, 6.45) is 3.59. The lowest BCUT2D eigenvalue weighted by atomic mass is 10.1. The second-order valence-electron chi connectivity index (χ2n) is 5.09. The van der Waals surface area contributed by atoms with Crippen molar-refractivity contribution in [3.63, 3.8) is 0 Å². The molecule has 0 bridgehead atoms. The Balaban J connectivity index is 2.28. The molecular weight excluding hydrogens is 202 g/mol. The minimum absolute atomic E-state index is 0.253. The van der Waals surface area contributed by atoms with Crippen LogP contribution in [-0.2, 0) is 4.74 Å². The van der Waals surface area contributed by atoms with Crippen molar-refractivity contribution >= 4 is 0 Å². The fourth-order valence-corrected chi connectivity index (χ4v) is 2.43. The molecule has 4 nitrogen and oxygen atoms in total. The van der Waals surface area contributed by atoms with Gasteiger partial charge in [0.1, 0.15) is 0 Å². The highest BCUT2D eigenvalue weighted by Gasteiger charge is 2.25. The minimum Gasteiger partial charge on any atom is -0.385 e. The van der Waals surface area contributed by atoms with Crippen molar-refractivity contribution in [1.29, 1.82) is 0 Å². The second kappa shape index (κ2) is 7.22. The van der Waals surface area contributed by atoms with Gasteiger partial charge < -0.3 is 15.4 Å². The molecule has 1 aliphatic rings. The predicted molar refractivity (Wildman–Crippen MR) is 67.6 cm³/mol. The summed E-state index contributed by atoms with van der Waals surface area (Å²) in [6.45, 7) is 4.14. The molecule has 2 atom stereocenters. The maximum absolute atomic E-state index is 6.10. The van der Waals surface area contributed by atoms with Gasteiger partial charge in [0.05, 0.1) is 0 Å². The van der Waals surface area contributed by atoms with Crippen molar-refractivity contribution in [1.82, 2.24) is 9.80 Å². The fraction of sp³-hybridized carbons (Fsp3) is 1.00. The van der Waals surface area contributed by atoms with E-state index in [1.807, 2.05) is 0 Å². The predicted octanol–water partition coefficient (Wildman–Crippen LogP) is 0.376. The van der Waals surface area contributed by atoms with Gasteiger partial charge in [-0.1, -0.05) is 0 Å². The van der Waals surface area contributed by atoms with Gasteiger partial charge in [-0.05, 0) is 39.9 Å². The number of hydrogen-bond donors (Lipinski definition) is 1. The molecule has 16 heavy (non-hydrogen) atoms. The Morgan fingerprint density at radius 2 is 2.25 bits per heavy atom. The number of likely N-dealkylation sites (tertiary alicyclic amines) is 1. The molecule has 0 amide bonds. The Morgan fingerprint density at radius 1 is 1.50 bits per heavy atom. The molecule has 1 rings (SSSR count). The molecule has 0 radical (unpaired) electrons. The van der Waals surface area contributed by atoms with Gasteiger partial charge in [0.2, 0.25) is 0 Å². The van der Waals surface area contributed by atoms with Gasteiger partial charge in [0.25, 0.3) is 0 Å². The summed E-state index contributed by atoms with van der Waals surface area (Å²) >= 11 is 0. The van der Waals surface area contributed by atoms with Gasteiger partial charge in [-0.25, -0.2) is 0 Å². The molecule has 0 aliphatic carbocycles. The summed E-state index contributed by atoms with van der Waals surface area (Å²) in [5.74, 6) is 0. The average Bonchev–Trinajstić information content (AvgIpc) is 2.62. The maximum Gasteiger partial charge on any atom is 0.0477 e. The van der Waals surface area contributed by atoms with Gasteiger partial charge in [-0.2, -0.15) is 0 Å². The summed E-state index contributed by atoms with van der Waals surface area (Å²) in [7, 11) is 6.01. The van der Waals surface area contributed by atoms with Gasteiger partial charge >= 0.3 is 0 Å². The number of likely N-dealkylation sites (N-methyl/N-ethyl adjacent to an activating group) is 1. The van der Waals surface area contributed by atoms with Crippen LogP contribution in [0.15, 0.2) is 0 Å². The first-order valence-corrected chi connectivity index (χ1v) is 6.26. The van der Waals surface area contributed by atoms with Crippen molar-refractivity contribution in [3.8, 4) is 0 Å². The maximum atomic E-state index is 6.10. The second-order valence-corrected chi connectivity index (χ2v) is 5.09. The van der Waals surface area contributed by atoms with E-state index in [9.17, 15) is 0 Å². The lowest BCUT2D eigenvalue weighted by Gasteiger charge is -2.29. The third-order valence-corrected chi connectivity index (χ3v) is 3.24. The van der Waals surface area contributed by atoms with Crippen molar-refractivity contribution in [2.24, 2.45) is 5.73 Å². The molecule has 0 saturated carbocycles. The van der Waals surface area contributed by atoms with Crippen LogP contribution in [0.2, 0.25) is 0 Å².